The van der Waals surface area contributed by atoms with E-state index >= 15 is 0 Å². The van der Waals surface area contributed by atoms with Crippen molar-refractivity contribution < 1.29 is 28.7 Å². The van der Waals surface area contributed by atoms with Crippen LogP contribution in [0.3, 0.4) is 0 Å². The van der Waals surface area contributed by atoms with Crippen LogP contribution in [0.2, 0.25) is 0 Å². The number of carbonyl (C=O) groups excluding carboxylic acids is 3. The van der Waals surface area contributed by atoms with Crippen LogP contribution in [0.1, 0.15) is 65.7 Å². The first-order valence-electron chi connectivity index (χ1n) is 14.5. The lowest BCUT2D eigenvalue weighted by atomic mass is 9.86. The van der Waals surface area contributed by atoms with E-state index in [1.165, 1.54) is 0 Å². The Bertz CT molecular complexity index is 1360. The maximum Gasteiger partial charge on any atom is 0.408 e. The minimum Gasteiger partial charge on any atom is -0.489 e. The lowest BCUT2D eigenvalue weighted by Crippen LogP contribution is -2.52. The summed E-state index contributed by atoms with van der Waals surface area (Å²) < 4.78 is 12.0. The molecule has 220 valence electrons. The molecule has 0 saturated carbocycles. The fraction of sp³-hybridized carbons (Fsp3) is 0.364. The summed E-state index contributed by atoms with van der Waals surface area (Å²) in [5, 5.41) is 3.09. The summed E-state index contributed by atoms with van der Waals surface area (Å²) in [5.74, 6) is 0.102. The number of carbonyl (C=O) groups is 3. The number of ether oxygens (including phenoxy) is 2. The van der Waals surface area contributed by atoms with Crippen molar-refractivity contribution >= 4 is 18.0 Å². The molecule has 0 spiro atoms. The number of alkyl carbamates (subject to hydrolysis) is 1. The van der Waals surface area contributed by atoms with Crippen molar-refractivity contribution in [2.24, 2.45) is 5.92 Å². The van der Waals surface area contributed by atoms with E-state index < -0.39 is 24.0 Å². The third-order valence-electron chi connectivity index (χ3n) is 7.77. The van der Waals surface area contributed by atoms with Crippen LogP contribution >= 0.6 is 0 Å². The van der Waals surface area contributed by atoms with Gasteiger partial charge >= 0.3 is 12.1 Å². The highest BCUT2D eigenvalue weighted by atomic mass is 16.7. The van der Waals surface area contributed by atoms with Crippen molar-refractivity contribution in [2.45, 2.75) is 51.4 Å². The van der Waals surface area contributed by atoms with Gasteiger partial charge in [0, 0.05) is 18.5 Å². The van der Waals surface area contributed by atoms with Crippen LogP contribution in [0.15, 0.2) is 78.9 Å². The van der Waals surface area contributed by atoms with Crippen LogP contribution in [0.5, 0.6) is 5.75 Å². The summed E-state index contributed by atoms with van der Waals surface area (Å²) in [7, 11) is 0. The number of benzene rings is 3. The summed E-state index contributed by atoms with van der Waals surface area (Å²) in [6, 6.07) is 23.9. The minimum atomic E-state index is -0.494. The van der Waals surface area contributed by atoms with Crippen LogP contribution in [-0.2, 0) is 21.0 Å². The predicted molar refractivity (Wildman–Crippen MR) is 157 cm³/mol. The number of hydroxylamine groups is 1. The van der Waals surface area contributed by atoms with Crippen LogP contribution < -0.4 is 15.5 Å². The average Bonchev–Trinajstić information content (AvgIpc) is 3.03. The van der Waals surface area contributed by atoms with Crippen LogP contribution in [0, 0.1) is 5.92 Å². The van der Waals surface area contributed by atoms with Gasteiger partial charge in [0.1, 0.15) is 18.5 Å². The molecule has 2 atom stereocenters. The van der Waals surface area contributed by atoms with Crippen molar-refractivity contribution in [3.8, 4) is 5.75 Å². The zero-order valence-electron chi connectivity index (χ0n) is 23.8. The van der Waals surface area contributed by atoms with Gasteiger partial charge in [-0.3, -0.25) is 9.69 Å². The standard InChI is InChI=1S/C33H37N3O6/c1-2-7-30(37)42-35-32(38)26-14-12-23(13-15-26)22-40-28-11-6-10-27(20-28)31(25-8-4-3-5-9-25)34-33(39)41-29-21-36-18-16-24(29)17-19-36/h3-6,8-15,20,24,29,31H,2,7,16-19,21-22H2,1H3,(H,34,39)(H,35,38)/t29-,31?/m0/s1. The molecule has 3 fully saturated rings. The number of piperidine rings is 3. The number of fused-ring (bicyclic) bond motifs is 3. The number of hydrogen-bond donors (Lipinski definition) is 2. The molecule has 3 aliphatic rings. The van der Waals surface area contributed by atoms with Gasteiger partial charge in [-0.05, 0) is 79.2 Å². The smallest absolute Gasteiger partial charge is 0.408 e. The summed E-state index contributed by atoms with van der Waals surface area (Å²) >= 11 is 0. The second-order valence-corrected chi connectivity index (χ2v) is 10.8. The maximum atomic E-state index is 13.1. The van der Waals surface area contributed by atoms with Gasteiger partial charge < -0.3 is 19.6 Å². The van der Waals surface area contributed by atoms with Crippen LogP contribution in [0.25, 0.3) is 0 Å². The van der Waals surface area contributed by atoms with Gasteiger partial charge in [0.2, 0.25) is 0 Å². The molecule has 9 nitrogen and oxygen atoms in total. The highest BCUT2D eigenvalue weighted by molar-refractivity contribution is 5.94. The summed E-state index contributed by atoms with van der Waals surface area (Å²) in [5.41, 5.74) is 5.21. The first-order chi connectivity index (χ1) is 20.5. The van der Waals surface area contributed by atoms with Crippen LogP contribution in [-0.4, -0.2) is 48.6 Å². The van der Waals surface area contributed by atoms with Crippen molar-refractivity contribution in [3.63, 3.8) is 0 Å². The summed E-state index contributed by atoms with van der Waals surface area (Å²) in [4.78, 5) is 43.9. The summed E-state index contributed by atoms with van der Waals surface area (Å²) in [6.45, 7) is 5.11. The Morgan fingerprint density at radius 3 is 2.36 bits per heavy atom. The lowest BCUT2D eigenvalue weighted by molar-refractivity contribution is -0.149. The predicted octanol–water partition coefficient (Wildman–Crippen LogP) is 5.16. The van der Waals surface area contributed by atoms with Gasteiger partial charge in [0.15, 0.2) is 0 Å². The molecule has 0 radical (unpaired) electrons. The molecule has 3 aromatic carbocycles. The first kappa shape index (κ1) is 29.1. The number of rotatable bonds is 10. The largest absolute Gasteiger partial charge is 0.489 e. The SMILES string of the molecule is CCCC(=O)ONC(=O)c1ccc(COc2cccc(C(NC(=O)O[C@H]3CN4CCC3CC4)c3ccccc3)c2)cc1. The molecule has 6 rings (SSSR count). The number of amides is 2. The molecule has 9 heteroatoms. The van der Waals surface area contributed by atoms with E-state index in [4.69, 9.17) is 14.3 Å². The van der Waals surface area contributed by atoms with Crippen molar-refractivity contribution in [3.05, 3.63) is 101 Å². The third-order valence-corrected chi connectivity index (χ3v) is 7.77. The van der Waals surface area contributed by atoms with Gasteiger partial charge in [-0.1, -0.05) is 61.5 Å². The number of nitrogens with one attached hydrogen (secondary N) is 2. The molecule has 1 unspecified atom stereocenters. The molecule has 3 aliphatic heterocycles. The van der Waals surface area contributed by atoms with E-state index in [1.54, 1.807) is 24.3 Å². The Morgan fingerprint density at radius 2 is 1.67 bits per heavy atom. The third kappa shape index (κ3) is 7.67. The fourth-order valence-corrected chi connectivity index (χ4v) is 5.46. The Morgan fingerprint density at radius 1 is 0.929 bits per heavy atom. The quantitative estimate of drug-likeness (QED) is 0.324. The monoisotopic (exact) mass is 571 g/mol. The minimum absolute atomic E-state index is 0.0767. The second-order valence-electron chi connectivity index (χ2n) is 10.8. The van der Waals surface area contributed by atoms with Gasteiger partial charge in [-0.15, -0.1) is 0 Å². The Balaban J connectivity index is 1.21. The van der Waals surface area contributed by atoms with E-state index in [9.17, 15) is 14.4 Å². The maximum absolute atomic E-state index is 13.1. The number of hydrogen-bond acceptors (Lipinski definition) is 7. The normalized spacial score (nSPS) is 19.8. The topological polar surface area (TPSA) is 106 Å². The van der Waals surface area contributed by atoms with Crippen molar-refractivity contribution in [1.29, 1.82) is 0 Å². The molecule has 2 amide bonds. The van der Waals surface area contributed by atoms with Crippen LogP contribution in [0.4, 0.5) is 4.79 Å². The van der Waals surface area contributed by atoms with E-state index in [-0.39, 0.29) is 19.1 Å². The molecule has 3 heterocycles. The van der Waals surface area contributed by atoms with Gasteiger partial charge in [-0.25, -0.2) is 9.59 Å². The molecular weight excluding hydrogens is 534 g/mol. The van der Waals surface area contributed by atoms with Gasteiger partial charge in [0.25, 0.3) is 5.91 Å². The van der Waals surface area contributed by atoms with E-state index in [0.29, 0.717) is 23.7 Å². The molecule has 2 bridgehead atoms. The first-order valence-corrected chi connectivity index (χ1v) is 14.5. The summed E-state index contributed by atoms with van der Waals surface area (Å²) in [6.07, 6.45) is 2.53. The van der Waals surface area contributed by atoms with Crippen molar-refractivity contribution in [2.75, 3.05) is 19.6 Å². The van der Waals surface area contributed by atoms with Gasteiger partial charge in [0.05, 0.1) is 6.04 Å². The van der Waals surface area contributed by atoms with Crippen molar-refractivity contribution in [1.82, 2.24) is 15.7 Å². The Hall–Kier alpha value is -4.37. The highest BCUT2D eigenvalue weighted by Crippen LogP contribution is 2.30. The molecule has 3 aromatic rings. The fourth-order valence-electron chi connectivity index (χ4n) is 5.46. The molecular formula is C33H37N3O6. The molecule has 0 aromatic heterocycles. The lowest BCUT2D eigenvalue weighted by Gasteiger charge is -2.43. The Kier molecular flexibility index (Phi) is 9.71. The number of nitrogens with zero attached hydrogens (tertiary/aromatic N) is 1. The van der Waals surface area contributed by atoms with E-state index in [0.717, 1.165) is 49.2 Å². The highest BCUT2D eigenvalue weighted by Gasteiger charge is 2.36. The Labute approximate surface area is 246 Å². The average molecular weight is 572 g/mol. The zero-order chi connectivity index (χ0) is 29.3. The molecule has 0 aliphatic carbocycles. The molecule has 2 N–H and O–H groups in total. The van der Waals surface area contributed by atoms with Gasteiger partial charge in [-0.2, -0.15) is 5.48 Å². The second kappa shape index (κ2) is 14.0. The van der Waals surface area contributed by atoms with E-state index in [2.05, 4.69) is 15.7 Å². The molecule has 42 heavy (non-hydrogen) atoms. The molecule has 3 saturated heterocycles. The van der Waals surface area contributed by atoms with E-state index in [1.807, 2.05) is 61.5 Å². The zero-order valence-corrected chi connectivity index (χ0v) is 23.8.